The van der Waals surface area contributed by atoms with E-state index in [4.69, 9.17) is 4.74 Å². The van der Waals surface area contributed by atoms with Crippen molar-refractivity contribution < 1.29 is 30.7 Å². The third-order valence-electron chi connectivity index (χ3n) is 5.60. The lowest BCUT2D eigenvalue weighted by atomic mass is 10.1. The summed E-state index contributed by atoms with van der Waals surface area (Å²) in [6.07, 6.45) is 1.99. The summed E-state index contributed by atoms with van der Waals surface area (Å²) in [7, 11) is -4.24. The van der Waals surface area contributed by atoms with Crippen molar-refractivity contribution in [3.8, 4) is 0 Å². The van der Waals surface area contributed by atoms with Crippen molar-refractivity contribution in [1.29, 1.82) is 0 Å². The third-order valence-corrected chi connectivity index (χ3v) is 6.98. The monoisotopic (exact) mass is 497 g/mol. The van der Waals surface area contributed by atoms with Gasteiger partial charge < -0.3 is 9.64 Å². The quantitative estimate of drug-likeness (QED) is 0.548. The molecule has 182 valence electrons. The summed E-state index contributed by atoms with van der Waals surface area (Å²) in [6.45, 7) is 0.856. The number of nitrogens with one attached hydrogen (secondary N) is 1. The molecule has 2 aromatic carbocycles. The van der Waals surface area contributed by atoms with E-state index < -0.39 is 27.6 Å². The summed E-state index contributed by atoms with van der Waals surface area (Å²) >= 11 is 0. The predicted molar refractivity (Wildman–Crippen MR) is 121 cm³/mol. The summed E-state index contributed by atoms with van der Waals surface area (Å²) in [6, 6.07) is 7.15. The van der Waals surface area contributed by atoms with E-state index in [1.807, 2.05) is 6.08 Å². The first-order chi connectivity index (χ1) is 16.1. The van der Waals surface area contributed by atoms with E-state index >= 15 is 0 Å². The minimum Gasteiger partial charge on any atom is -0.474 e. The number of allylic oxidation sites excluding steroid dienone is 1. The smallest absolute Gasteiger partial charge is 0.416 e. The molecular weight excluding hydrogens is 474 g/mol. The third kappa shape index (κ3) is 5.52. The highest BCUT2D eigenvalue weighted by Crippen LogP contribution is 2.34. The number of hydrogen-bond donors (Lipinski definition) is 1. The van der Waals surface area contributed by atoms with Gasteiger partial charge in [-0.1, -0.05) is 6.07 Å². The number of aliphatic imine (C=N–C) groups is 1. The first-order valence-corrected chi connectivity index (χ1v) is 12.2. The maximum absolute atomic E-state index is 14.8. The lowest BCUT2D eigenvalue weighted by molar-refractivity contribution is -0.137. The van der Waals surface area contributed by atoms with E-state index in [0.29, 0.717) is 43.9 Å². The maximum Gasteiger partial charge on any atom is 0.416 e. The molecule has 0 unspecified atom stereocenters. The predicted octanol–water partition coefficient (Wildman–Crippen LogP) is 5.34. The van der Waals surface area contributed by atoms with Crippen LogP contribution < -0.4 is 9.62 Å². The Hall–Kier alpha value is -3.08. The number of rotatable bonds is 6. The number of alkyl halides is 3. The molecule has 0 saturated carbocycles. The minimum absolute atomic E-state index is 0.0128. The number of para-hydroxylation sites is 1. The van der Waals surface area contributed by atoms with Gasteiger partial charge in [-0.3, -0.25) is 4.72 Å². The number of nitrogens with zero attached hydrogens (tertiary/aromatic N) is 2. The zero-order chi connectivity index (χ0) is 24.3. The van der Waals surface area contributed by atoms with E-state index in [1.165, 1.54) is 18.2 Å². The van der Waals surface area contributed by atoms with Crippen molar-refractivity contribution in [2.75, 3.05) is 22.7 Å². The van der Waals surface area contributed by atoms with Gasteiger partial charge in [0.25, 0.3) is 10.0 Å². The summed E-state index contributed by atoms with van der Waals surface area (Å²) in [5.41, 5.74) is -0.858. The Morgan fingerprint density at radius 2 is 1.74 bits per heavy atom. The van der Waals surface area contributed by atoms with Crippen LogP contribution in [0.1, 0.15) is 31.2 Å². The molecule has 2 aliphatic heterocycles. The average molecular weight is 498 g/mol. The van der Waals surface area contributed by atoms with Crippen LogP contribution >= 0.6 is 0 Å². The van der Waals surface area contributed by atoms with Crippen LogP contribution in [0.3, 0.4) is 0 Å². The normalized spacial score (nSPS) is 17.4. The van der Waals surface area contributed by atoms with Crippen LogP contribution in [-0.4, -0.2) is 33.8 Å². The lowest BCUT2D eigenvalue weighted by Crippen LogP contribution is -2.38. The highest BCUT2D eigenvalue weighted by molar-refractivity contribution is 7.92. The number of benzene rings is 2. The van der Waals surface area contributed by atoms with Crippen molar-refractivity contribution in [3.63, 3.8) is 0 Å². The van der Waals surface area contributed by atoms with Gasteiger partial charge >= 0.3 is 6.18 Å². The van der Waals surface area contributed by atoms with Gasteiger partial charge in [0, 0.05) is 32.1 Å². The molecule has 0 bridgehead atoms. The van der Waals surface area contributed by atoms with Crippen molar-refractivity contribution in [3.05, 3.63) is 65.8 Å². The summed E-state index contributed by atoms with van der Waals surface area (Å²) in [4.78, 5) is 5.60. The van der Waals surface area contributed by atoms with Gasteiger partial charge in [0.1, 0.15) is 11.9 Å². The van der Waals surface area contributed by atoms with Gasteiger partial charge in [-0.05, 0) is 55.3 Å². The number of sulfonamides is 1. The second-order valence-electron chi connectivity index (χ2n) is 8.00. The van der Waals surface area contributed by atoms with Gasteiger partial charge in [-0.15, -0.1) is 0 Å². The molecular formula is C23H23F4N3O3S. The number of halogens is 4. The standard InChI is InChI=1S/C23H23F4N3O3S/c24-19-4-3-5-20(29-34(31,32)18-9-7-16(8-10-18)23(25,26)27)22(19)30-14-11-17(12-15-30)33-21-6-1-2-13-28-21/h3-10,13,17,29H,1-2,11-12,14-15H2. The van der Waals surface area contributed by atoms with Gasteiger partial charge in [0.05, 0.1) is 21.8 Å². The van der Waals surface area contributed by atoms with E-state index in [1.54, 1.807) is 11.1 Å². The van der Waals surface area contributed by atoms with Crippen LogP contribution in [0.25, 0.3) is 0 Å². The number of piperidine rings is 1. The molecule has 1 saturated heterocycles. The molecule has 2 heterocycles. The van der Waals surface area contributed by atoms with Crippen LogP contribution in [0.2, 0.25) is 0 Å². The van der Waals surface area contributed by atoms with E-state index in [9.17, 15) is 26.0 Å². The molecule has 0 aliphatic carbocycles. The molecule has 1 fully saturated rings. The molecule has 2 aliphatic rings. The summed E-state index contributed by atoms with van der Waals surface area (Å²) in [5.74, 6) is -0.0211. The number of ether oxygens (including phenoxy) is 1. The van der Waals surface area contributed by atoms with Crippen LogP contribution in [0.15, 0.2) is 64.3 Å². The minimum atomic E-state index is -4.58. The van der Waals surface area contributed by atoms with Crippen molar-refractivity contribution in [2.24, 2.45) is 4.99 Å². The Morgan fingerprint density at radius 3 is 2.35 bits per heavy atom. The average Bonchev–Trinajstić information content (AvgIpc) is 2.80. The van der Waals surface area contributed by atoms with E-state index in [2.05, 4.69) is 9.71 Å². The fourth-order valence-electron chi connectivity index (χ4n) is 3.88. The fraction of sp³-hybridized carbons (Fsp3) is 0.348. The molecule has 11 heteroatoms. The molecule has 6 nitrogen and oxygen atoms in total. The second-order valence-corrected chi connectivity index (χ2v) is 9.68. The first-order valence-electron chi connectivity index (χ1n) is 10.8. The molecule has 0 atom stereocenters. The highest BCUT2D eigenvalue weighted by atomic mass is 32.2. The Bertz CT molecular complexity index is 1190. The second kappa shape index (κ2) is 9.65. The SMILES string of the molecule is O=S(=O)(Nc1cccc(F)c1N1CCC(OC2=CCCC=N2)CC1)c1ccc(C(F)(F)F)cc1. The topological polar surface area (TPSA) is 71.0 Å². The Kier molecular flexibility index (Phi) is 6.83. The molecule has 34 heavy (non-hydrogen) atoms. The van der Waals surface area contributed by atoms with Crippen LogP contribution in [-0.2, 0) is 20.9 Å². The van der Waals surface area contributed by atoms with Crippen LogP contribution in [0.4, 0.5) is 28.9 Å². The molecule has 4 rings (SSSR count). The van der Waals surface area contributed by atoms with E-state index in [0.717, 1.165) is 25.0 Å². The molecule has 2 aromatic rings. The van der Waals surface area contributed by atoms with Crippen molar-refractivity contribution in [2.45, 2.75) is 42.9 Å². The maximum atomic E-state index is 14.8. The number of hydrogen-bond acceptors (Lipinski definition) is 5. The molecule has 0 amide bonds. The molecule has 0 spiro atoms. The summed E-state index contributed by atoms with van der Waals surface area (Å²) in [5, 5.41) is 0. The van der Waals surface area contributed by atoms with Gasteiger partial charge in [0.15, 0.2) is 0 Å². The molecule has 0 radical (unpaired) electrons. The van der Waals surface area contributed by atoms with E-state index in [-0.39, 0.29) is 22.4 Å². The molecule has 0 aromatic heterocycles. The summed E-state index contributed by atoms with van der Waals surface area (Å²) < 4.78 is 87.0. The largest absolute Gasteiger partial charge is 0.474 e. The van der Waals surface area contributed by atoms with Crippen LogP contribution in [0, 0.1) is 5.82 Å². The zero-order valence-electron chi connectivity index (χ0n) is 18.1. The Labute approximate surface area is 195 Å². The molecule has 1 N–H and O–H groups in total. The van der Waals surface area contributed by atoms with Crippen LogP contribution in [0.5, 0.6) is 0 Å². The Balaban J connectivity index is 1.49. The van der Waals surface area contributed by atoms with Gasteiger partial charge in [0.2, 0.25) is 5.88 Å². The lowest BCUT2D eigenvalue weighted by Gasteiger charge is -2.35. The van der Waals surface area contributed by atoms with Gasteiger partial charge in [-0.2, -0.15) is 13.2 Å². The van der Waals surface area contributed by atoms with Crippen molar-refractivity contribution >= 4 is 27.6 Å². The first kappa shape index (κ1) is 24.1. The van der Waals surface area contributed by atoms with Gasteiger partial charge in [-0.25, -0.2) is 17.8 Å². The number of anilines is 2. The fourth-order valence-corrected chi connectivity index (χ4v) is 4.95. The highest BCUT2D eigenvalue weighted by Gasteiger charge is 2.31. The zero-order valence-corrected chi connectivity index (χ0v) is 18.9. The van der Waals surface area contributed by atoms with Crippen molar-refractivity contribution in [1.82, 2.24) is 0 Å². The Morgan fingerprint density at radius 1 is 1.03 bits per heavy atom.